The van der Waals surface area contributed by atoms with E-state index in [2.05, 4.69) is 31.2 Å². The van der Waals surface area contributed by atoms with Crippen LogP contribution >= 0.6 is 15.9 Å². The van der Waals surface area contributed by atoms with E-state index in [9.17, 15) is 9.59 Å². The first kappa shape index (κ1) is 19.8. The molecular formula is C15H20BrN3O5. The van der Waals surface area contributed by atoms with Gasteiger partial charge in [0.25, 0.3) is 5.91 Å². The van der Waals surface area contributed by atoms with Crippen LogP contribution in [0.3, 0.4) is 0 Å². The van der Waals surface area contributed by atoms with E-state index in [0.29, 0.717) is 21.5 Å². The van der Waals surface area contributed by atoms with Gasteiger partial charge in [-0.05, 0) is 40.5 Å². The molecule has 0 bridgehead atoms. The van der Waals surface area contributed by atoms with Gasteiger partial charge in [-0.3, -0.25) is 4.79 Å². The predicted octanol–water partition coefficient (Wildman–Crippen LogP) is 2.00. The van der Waals surface area contributed by atoms with Crippen molar-refractivity contribution in [1.29, 1.82) is 0 Å². The Kier molecular flexibility index (Phi) is 8.03. The van der Waals surface area contributed by atoms with Crippen molar-refractivity contribution >= 4 is 34.1 Å². The molecule has 24 heavy (non-hydrogen) atoms. The number of methoxy groups -OCH3 is 1. The van der Waals surface area contributed by atoms with Crippen LogP contribution in [0.2, 0.25) is 0 Å². The number of hydrogen-bond donors (Lipinski definition) is 1. The SMILES string of the molecule is CCOC(=O)NN=Cc1cc(Br)c(OCC(=O)N(C)C)c(OC)c1. The Morgan fingerprint density at radius 2 is 2.08 bits per heavy atom. The fraction of sp³-hybridized carbons (Fsp3) is 0.400. The summed E-state index contributed by atoms with van der Waals surface area (Å²) in [6, 6.07) is 3.38. The summed E-state index contributed by atoms with van der Waals surface area (Å²) in [5, 5.41) is 3.78. The van der Waals surface area contributed by atoms with Gasteiger partial charge in [0.05, 0.1) is 24.4 Å². The smallest absolute Gasteiger partial charge is 0.427 e. The largest absolute Gasteiger partial charge is 0.493 e. The topological polar surface area (TPSA) is 89.5 Å². The number of carbonyl (C=O) groups is 2. The second-order valence-corrected chi connectivity index (χ2v) is 5.56. The maximum atomic E-state index is 11.6. The Balaban J connectivity index is 2.85. The molecule has 0 aliphatic rings. The summed E-state index contributed by atoms with van der Waals surface area (Å²) in [6.07, 6.45) is 0.792. The van der Waals surface area contributed by atoms with E-state index in [1.54, 1.807) is 33.2 Å². The van der Waals surface area contributed by atoms with Crippen LogP contribution in [0.1, 0.15) is 12.5 Å². The number of nitrogens with zero attached hydrogens (tertiary/aromatic N) is 2. The summed E-state index contributed by atoms with van der Waals surface area (Å²) < 4.78 is 16.1. The van der Waals surface area contributed by atoms with Crippen molar-refractivity contribution in [3.05, 3.63) is 22.2 Å². The minimum atomic E-state index is -0.637. The van der Waals surface area contributed by atoms with Crippen molar-refractivity contribution < 1.29 is 23.8 Å². The molecule has 1 rings (SSSR count). The quantitative estimate of drug-likeness (QED) is 0.557. The maximum absolute atomic E-state index is 11.6. The summed E-state index contributed by atoms with van der Waals surface area (Å²) in [5.41, 5.74) is 2.88. The average Bonchev–Trinajstić information content (AvgIpc) is 2.53. The zero-order chi connectivity index (χ0) is 18.1. The molecule has 0 saturated carbocycles. The summed E-state index contributed by atoms with van der Waals surface area (Å²) in [4.78, 5) is 24.2. The zero-order valence-corrected chi connectivity index (χ0v) is 15.5. The third-order valence-corrected chi connectivity index (χ3v) is 3.32. The average molecular weight is 402 g/mol. The van der Waals surface area contributed by atoms with E-state index in [0.717, 1.165) is 0 Å². The standard InChI is InChI=1S/C15H20BrN3O5/c1-5-23-15(21)18-17-8-10-6-11(16)14(12(7-10)22-4)24-9-13(20)19(2)3/h6-8H,5,9H2,1-4H3,(H,18,21). The maximum Gasteiger partial charge on any atom is 0.427 e. The molecule has 0 aromatic heterocycles. The van der Waals surface area contributed by atoms with Gasteiger partial charge >= 0.3 is 6.09 Å². The lowest BCUT2D eigenvalue weighted by molar-refractivity contribution is -0.130. The Labute approximate surface area is 148 Å². The molecule has 1 N–H and O–H groups in total. The Morgan fingerprint density at radius 1 is 1.38 bits per heavy atom. The van der Waals surface area contributed by atoms with Crippen LogP contribution in [-0.2, 0) is 9.53 Å². The summed E-state index contributed by atoms with van der Waals surface area (Å²) in [5.74, 6) is 0.657. The fourth-order valence-corrected chi connectivity index (χ4v) is 2.11. The van der Waals surface area contributed by atoms with Gasteiger partial charge in [-0.15, -0.1) is 0 Å². The Morgan fingerprint density at radius 3 is 2.67 bits per heavy atom. The Hall–Kier alpha value is -2.29. The number of carbonyl (C=O) groups excluding carboxylic acids is 2. The highest BCUT2D eigenvalue weighted by Crippen LogP contribution is 2.36. The highest BCUT2D eigenvalue weighted by molar-refractivity contribution is 9.10. The molecule has 0 fully saturated rings. The summed E-state index contributed by atoms with van der Waals surface area (Å²) in [6.45, 7) is 1.85. The van der Waals surface area contributed by atoms with Gasteiger partial charge in [-0.1, -0.05) is 0 Å². The normalized spacial score (nSPS) is 10.4. The number of benzene rings is 1. The van der Waals surface area contributed by atoms with Crippen LogP contribution in [0.15, 0.2) is 21.7 Å². The minimum absolute atomic E-state index is 0.111. The molecule has 1 aromatic carbocycles. The van der Waals surface area contributed by atoms with Gasteiger partial charge < -0.3 is 19.1 Å². The van der Waals surface area contributed by atoms with Gasteiger partial charge in [-0.2, -0.15) is 5.10 Å². The lowest BCUT2D eigenvalue weighted by atomic mass is 10.2. The molecule has 0 spiro atoms. The second-order valence-electron chi connectivity index (χ2n) is 4.70. The molecule has 0 radical (unpaired) electrons. The molecular weight excluding hydrogens is 382 g/mol. The number of rotatable bonds is 7. The molecule has 2 amide bonds. The van der Waals surface area contributed by atoms with Crippen molar-refractivity contribution in [2.75, 3.05) is 34.4 Å². The molecule has 1 aromatic rings. The number of ether oxygens (including phenoxy) is 3. The third kappa shape index (κ3) is 6.07. The monoisotopic (exact) mass is 401 g/mol. The minimum Gasteiger partial charge on any atom is -0.493 e. The first-order chi connectivity index (χ1) is 11.4. The molecule has 0 unspecified atom stereocenters. The number of nitrogens with one attached hydrogen (secondary N) is 1. The molecule has 0 aliphatic carbocycles. The number of likely N-dealkylation sites (N-methyl/N-ethyl adjacent to an activating group) is 1. The van der Waals surface area contributed by atoms with E-state index < -0.39 is 6.09 Å². The van der Waals surface area contributed by atoms with E-state index in [1.807, 2.05) is 0 Å². The first-order valence-electron chi connectivity index (χ1n) is 7.05. The third-order valence-electron chi connectivity index (χ3n) is 2.74. The van der Waals surface area contributed by atoms with Crippen molar-refractivity contribution in [2.45, 2.75) is 6.92 Å². The van der Waals surface area contributed by atoms with E-state index >= 15 is 0 Å². The molecule has 0 saturated heterocycles. The molecule has 0 heterocycles. The molecule has 132 valence electrons. The van der Waals surface area contributed by atoms with Crippen LogP contribution in [0.25, 0.3) is 0 Å². The van der Waals surface area contributed by atoms with Gasteiger partial charge in [-0.25, -0.2) is 10.2 Å². The highest BCUT2D eigenvalue weighted by atomic mass is 79.9. The van der Waals surface area contributed by atoms with E-state index in [1.165, 1.54) is 18.2 Å². The van der Waals surface area contributed by atoms with E-state index in [4.69, 9.17) is 9.47 Å². The fourth-order valence-electron chi connectivity index (χ4n) is 1.54. The number of hydrazone groups is 1. The van der Waals surface area contributed by atoms with Crippen molar-refractivity contribution in [1.82, 2.24) is 10.3 Å². The first-order valence-corrected chi connectivity index (χ1v) is 7.84. The van der Waals surface area contributed by atoms with Crippen molar-refractivity contribution in [3.63, 3.8) is 0 Å². The highest BCUT2D eigenvalue weighted by Gasteiger charge is 2.14. The second kappa shape index (κ2) is 9.76. The van der Waals surface area contributed by atoms with Crippen LogP contribution in [0.4, 0.5) is 4.79 Å². The van der Waals surface area contributed by atoms with Crippen molar-refractivity contribution in [3.8, 4) is 11.5 Å². The number of hydrogen-bond acceptors (Lipinski definition) is 6. The van der Waals surface area contributed by atoms with E-state index in [-0.39, 0.29) is 19.1 Å². The van der Waals surface area contributed by atoms with Crippen molar-refractivity contribution in [2.24, 2.45) is 5.10 Å². The van der Waals surface area contributed by atoms with Crippen LogP contribution in [-0.4, -0.2) is 57.5 Å². The van der Waals surface area contributed by atoms with Gasteiger partial charge in [0.2, 0.25) is 0 Å². The van der Waals surface area contributed by atoms with Gasteiger partial charge in [0, 0.05) is 14.1 Å². The van der Waals surface area contributed by atoms with Crippen LogP contribution in [0, 0.1) is 0 Å². The lowest BCUT2D eigenvalue weighted by Crippen LogP contribution is -2.27. The molecule has 9 heteroatoms. The molecule has 0 atom stereocenters. The lowest BCUT2D eigenvalue weighted by Gasteiger charge is -2.15. The molecule has 8 nitrogen and oxygen atoms in total. The van der Waals surface area contributed by atoms with Gasteiger partial charge in [0.15, 0.2) is 18.1 Å². The zero-order valence-electron chi connectivity index (χ0n) is 14.0. The van der Waals surface area contributed by atoms with Gasteiger partial charge in [0.1, 0.15) is 0 Å². The molecule has 0 aliphatic heterocycles. The number of amides is 2. The number of halogens is 1. The van der Waals surface area contributed by atoms with Crippen LogP contribution in [0.5, 0.6) is 11.5 Å². The van der Waals surface area contributed by atoms with Crippen LogP contribution < -0.4 is 14.9 Å². The predicted molar refractivity (Wildman–Crippen MR) is 92.6 cm³/mol. The summed E-state index contributed by atoms with van der Waals surface area (Å²) >= 11 is 3.37. The Bertz CT molecular complexity index is 619. The summed E-state index contributed by atoms with van der Waals surface area (Å²) in [7, 11) is 4.78.